The summed E-state index contributed by atoms with van der Waals surface area (Å²) in [7, 11) is 0. The maximum atomic E-state index is 12.9. The fourth-order valence-electron chi connectivity index (χ4n) is 2.59. The molecule has 1 aromatic carbocycles. The van der Waals surface area contributed by atoms with Gasteiger partial charge in [-0.3, -0.25) is 4.79 Å². The molecule has 0 fully saturated rings. The number of carbonyl (C=O) groups excluding carboxylic acids is 2. The molecule has 144 valence electrons. The maximum Gasteiger partial charge on any atom is 0.342 e. The highest BCUT2D eigenvalue weighted by Crippen LogP contribution is 2.36. The van der Waals surface area contributed by atoms with Gasteiger partial charge >= 0.3 is 5.97 Å². The van der Waals surface area contributed by atoms with Crippen LogP contribution in [0, 0.1) is 6.92 Å². The number of benzene rings is 1. The molecule has 0 saturated heterocycles. The number of amides is 1. The molecule has 28 heavy (non-hydrogen) atoms. The first-order chi connectivity index (χ1) is 13.4. The van der Waals surface area contributed by atoms with Crippen LogP contribution in [0.1, 0.15) is 35.7 Å². The van der Waals surface area contributed by atoms with Crippen molar-refractivity contribution in [1.82, 2.24) is 5.16 Å². The molecule has 2 heterocycles. The van der Waals surface area contributed by atoms with Gasteiger partial charge in [-0.05, 0) is 26.3 Å². The van der Waals surface area contributed by atoms with E-state index in [2.05, 4.69) is 10.5 Å². The lowest BCUT2D eigenvalue weighted by Crippen LogP contribution is -2.13. The second kappa shape index (κ2) is 8.67. The lowest BCUT2D eigenvalue weighted by molar-refractivity contribution is -0.111. The minimum Gasteiger partial charge on any atom is -0.455 e. The topological polar surface area (TPSA) is 81.4 Å². The van der Waals surface area contributed by atoms with Crippen molar-refractivity contribution in [2.24, 2.45) is 0 Å². The third-order valence-corrected chi connectivity index (χ3v) is 4.66. The minimum absolute atomic E-state index is 0.0123. The Bertz CT molecular complexity index is 1010. The second-order valence-corrected chi connectivity index (χ2v) is 7.32. The van der Waals surface area contributed by atoms with Crippen LogP contribution in [-0.4, -0.2) is 17.0 Å². The summed E-state index contributed by atoms with van der Waals surface area (Å²) in [4.78, 5) is 25.0. The van der Waals surface area contributed by atoms with Gasteiger partial charge in [-0.1, -0.05) is 41.1 Å². The van der Waals surface area contributed by atoms with Crippen molar-refractivity contribution in [3.8, 4) is 11.1 Å². The molecule has 0 aliphatic heterocycles. The minimum atomic E-state index is -0.534. The van der Waals surface area contributed by atoms with E-state index in [1.807, 2.05) is 49.6 Å². The molecule has 0 radical (unpaired) electrons. The third-order valence-electron chi connectivity index (χ3n) is 3.76. The van der Waals surface area contributed by atoms with E-state index < -0.39 is 5.97 Å². The number of nitrogens with one attached hydrogen (secondary N) is 1. The van der Waals surface area contributed by atoms with Crippen LogP contribution in [0.4, 0.5) is 5.00 Å². The van der Waals surface area contributed by atoms with Gasteiger partial charge in [0.15, 0.2) is 0 Å². The number of aryl methyl sites for hydroxylation is 1. The van der Waals surface area contributed by atoms with E-state index in [1.165, 1.54) is 17.4 Å². The van der Waals surface area contributed by atoms with Crippen LogP contribution in [0.5, 0.6) is 0 Å². The van der Waals surface area contributed by atoms with Gasteiger partial charge in [-0.2, -0.15) is 0 Å². The predicted molar refractivity (Wildman–Crippen MR) is 108 cm³/mol. The number of ether oxygens (including phenoxy) is 1. The van der Waals surface area contributed by atoms with Crippen molar-refractivity contribution >= 4 is 28.2 Å². The Balaban J connectivity index is 1.90. The zero-order valence-electron chi connectivity index (χ0n) is 15.8. The van der Waals surface area contributed by atoms with Gasteiger partial charge in [-0.25, -0.2) is 4.79 Å². The number of allylic oxidation sites excluding steroid dienone is 1. The summed E-state index contributed by atoms with van der Waals surface area (Å²) in [6.45, 7) is 5.42. The van der Waals surface area contributed by atoms with Gasteiger partial charge in [0.2, 0.25) is 5.91 Å². The molecule has 0 aliphatic carbocycles. The number of aromatic nitrogens is 1. The highest BCUT2D eigenvalue weighted by molar-refractivity contribution is 7.15. The van der Waals surface area contributed by atoms with E-state index in [4.69, 9.17) is 9.26 Å². The van der Waals surface area contributed by atoms with Crippen LogP contribution in [0.25, 0.3) is 11.1 Å². The molecule has 1 N–H and O–H groups in total. The van der Waals surface area contributed by atoms with E-state index in [-0.39, 0.29) is 12.5 Å². The summed E-state index contributed by atoms with van der Waals surface area (Å²) >= 11 is 1.28. The molecule has 0 aliphatic rings. The average molecular weight is 396 g/mol. The number of nitrogens with zero attached hydrogens (tertiary/aromatic N) is 1. The van der Waals surface area contributed by atoms with Crippen molar-refractivity contribution in [3.05, 3.63) is 70.4 Å². The third kappa shape index (κ3) is 4.75. The molecule has 0 bridgehead atoms. The van der Waals surface area contributed by atoms with Gasteiger partial charge < -0.3 is 14.6 Å². The van der Waals surface area contributed by atoms with Crippen molar-refractivity contribution in [2.75, 3.05) is 5.32 Å². The average Bonchev–Trinajstić information content (AvgIpc) is 3.26. The standard InChI is InChI=1S/C21H20N2O4S/c1-13(2)9-18(24)22-20-19(17(12-28-20)15-7-5-4-6-8-15)21(25)26-11-16-10-14(3)27-23-16/h4-10,12H,11H2,1-3H3,(H,22,24). The molecular weight excluding hydrogens is 376 g/mol. The van der Waals surface area contributed by atoms with Crippen LogP contribution in [0.3, 0.4) is 0 Å². The highest BCUT2D eigenvalue weighted by atomic mass is 32.1. The Labute approximate surface area is 166 Å². The van der Waals surface area contributed by atoms with Crippen LogP contribution < -0.4 is 5.32 Å². The molecule has 3 rings (SSSR count). The molecule has 1 amide bonds. The summed E-state index contributed by atoms with van der Waals surface area (Å²) in [6, 6.07) is 11.2. The number of carbonyl (C=O) groups is 2. The number of thiophene rings is 1. The maximum absolute atomic E-state index is 12.9. The first-order valence-corrected chi connectivity index (χ1v) is 9.54. The van der Waals surface area contributed by atoms with Crippen LogP contribution in [0.15, 0.2) is 58.0 Å². The first kappa shape index (κ1) is 19.6. The zero-order valence-corrected chi connectivity index (χ0v) is 16.6. The van der Waals surface area contributed by atoms with E-state index in [0.717, 1.165) is 11.1 Å². The van der Waals surface area contributed by atoms with E-state index >= 15 is 0 Å². The molecular formula is C21H20N2O4S. The van der Waals surface area contributed by atoms with E-state index in [9.17, 15) is 9.59 Å². The zero-order chi connectivity index (χ0) is 20.1. The molecule has 0 atom stereocenters. The molecule has 6 nitrogen and oxygen atoms in total. The SMILES string of the molecule is CC(C)=CC(=O)Nc1scc(-c2ccccc2)c1C(=O)OCc1cc(C)on1. The summed E-state index contributed by atoms with van der Waals surface area (Å²) in [5.41, 5.74) is 3.29. The summed E-state index contributed by atoms with van der Waals surface area (Å²) in [5.74, 6) is -0.183. The van der Waals surface area contributed by atoms with Crippen molar-refractivity contribution in [3.63, 3.8) is 0 Å². The van der Waals surface area contributed by atoms with Crippen LogP contribution in [0.2, 0.25) is 0 Å². The van der Waals surface area contributed by atoms with Gasteiger partial charge in [0.05, 0.1) is 0 Å². The predicted octanol–water partition coefficient (Wildman–Crippen LogP) is 4.97. The largest absolute Gasteiger partial charge is 0.455 e. The Morgan fingerprint density at radius 3 is 2.64 bits per heavy atom. The lowest BCUT2D eigenvalue weighted by Gasteiger charge is -2.08. The molecule has 2 aromatic heterocycles. The van der Waals surface area contributed by atoms with Gasteiger partial charge in [-0.15, -0.1) is 11.3 Å². The molecule has 0 unspecified atom stereocenters. The number of anilines is 1. The molecule has 3 aromatic rings. The van der Waals surface area contributed by atoms with Crippen LogP contribution in [-0.2, 0) is 16.1 Å². The van der Waals surface area contributed by atoms with Crippen LogP contribution >= 0.6 is 11.3 Å². The Kier molecular flexibility index (Phi) is 6.06. The second-order valence-electron chi connectivity index (χ2n) is 6.44. The fraction of sp³-hybridized carbons (Fsp3) is 0.190. The van der Waals surface area contributed by atoms with E-state index in [0.29, 0.717) is 27.6 Å². The summed E-state index contributed by atoms with van der Waals surface area (Å²) in [6.07, 6.45) is 1.48. The Hall–Kier alpha value is -3.19. The molecule has 0 spiro atoms. The number of hydrogen-bond donors (Lipinski definition) is 1. The van der Waals surface area contributed by atoms with Gasteiger partial charge in [0.1, 0.15) is 28.6 Å². The first-order valence-electron chi connectivity index (χ1n) is 8.66. The van der Waals surface area contributed by atoms with Crippen molar-refractivity contribution in [1.29, 1.82) is 0 Å². The van der Waals surface area contributed by atoms with Gasteiger partial charge in [0.25, 0.3) is 0 Å². The van der Waals surface area contributed by atoms with Gasteiger partial charge in [0, 0.05) is 23.1 Å². The number of esters is 1. The quantitative estimate of drug-likeness (QED) is 0.470. The number of rotatable bonds is 6. The van der Waals surface area contributed by atoms with E-state index in [1.54, 1.807) is 13.0 Å². The number of hydrogen-bond acceptors (Lipinski definition) is 6. The highest BCUT2D eigenvalue weighted by Gasteiger charge is 2.23. The smallest absolute Gasteiger partial charge is 0.342 e. The summed E-state index contributed by atoms with van der Waals surface area (Å²) in [5, 5.41) is 8.89. The fourth-order valence-corrected chi connectivity index (χ4v) is 3.55. The monoisotopic (exact) mass is 396 g/mol. The lowest BCUT2D eigenvalue weighted by atomic mass is 10.0. The van der Waals surface area contributed by atoms with Crippen molar-refractivity contribution in [2.45, 2.75) is 27.4 Å². The normalized spacial score (nSPS) is 10.4. The molecule has 7 heteroatoms. The summed E-state index contributed by atoms with van der Waals surface area (Å²) < 4.78 is 10.4. The molecule has 0 saturated carbocycles. The Morgan fingerprint density at radius 1 is 1.25 bits per heavy atom. The van der Waals surface area contributed by atoms with Crippen molar-refractivity contribution < 1.29 is 18.8 Å². The Morgan fingerprint density at radius 2 is 2.00 bits per heavy atom.